The third-order valence-corrected chi connectivity index (χ3v) is 5.50. The zero-order chi connectivity index (χ0) is 27.8. The van der Waals surface area contributed by atoms with Crippen molar-refractivity contribution in [3.05, 3.63) is 0 Å². The van der Waals surface area contributed by atoms with E-state index in [1.54, 1.807) is 13.8 Å². The molecule has 0 radical (unpaired) electrons. The highest BCUT2D eigenvalue weighted by atomic mass is 16.4. The second-order valence-corrected chi connectivity index (χ2v) is 9.65. The first-order chi connectivity index (χ1) is 16.8. The van der Waals surface area contributed by atoms with Gasteiger partial charge in [-0.1, -0.05) is 27.7 Å². The standard InChI is InChI=1S/C23H46N8O5/c1-13(2)12-17(22(35)36)31-20(33)16(9-7-11-28-23(26)27)29-19(32)15(8-5-6-10-24)30-21(34)18(25)14(3)4/h13-18H,5-12,24-25H2,1-4H3,(H,29,32)(H,30,34)(H,31,33)(H,35,36)(H4,26,27,28). The highest BCUT2D eigenvalue weighted by Crippen LogP contribution is 2.09. The number of carbonyl (C=O) groups is 4. The molecule has 0 aromatic rings. The number of carboxylic acid groups (broad SMARTS) is 1. The number of rotatable bonds is 18. The van der Waals surface area contributed by atoms with E-state index in [0.717, 1.165) is 0 Å². The Balaban J connectivity index is 5.65. The van der Waals surface area contributed by atoms with Crippen molar-refractivity contribution in [3.63, 3.8) is 0 Å². The Morgan fingerprint density at radius 3 is 1.75 bits per heavy atom. The summed E-state index contributed by atoms with van der Waals surface area (Å²) in [5, 5.41) is 17.3. The minimum absolute atomic E-state index is 0.0219. The van der Waals surface area contributed by atoms with Crippen molar-refractivity contribution in [3.8, 4) is 0 Å². The Labute approximate surface area is 213 Å². The number of aliphatic imine (C=N–C) groups is 1. The molecule has 36 heavy (non-hydrogen) atoms. The van der Waals surface area contributed by atoms with Crippen LogP contribution in [0.25, 0.3) is 0 Å². The molecule has 0 fully saturated rings. The highest BCUT2D eigenvalue weighted by Gasteiger charge is 2.30. The maximum Gasteiger partial charge on any atom is 0.326 e. The quantitative estimate of drug-likeness (QED) is 0.0617. The lowest BCUT2D eigenvalue weighted by atomic mass is 10.0. The van der Waals surface area contributed by atoms with E-state index in [-0.39, 0.29) is 37.2 Å². The van der Waals surface area contributed by atoms with Crippen LogP contribution in [0.2, 0.25) is 0 Å². The van der Waals surface area contributed by atoms with Gasteiger partial charge in [0.15, 0.2) is 5.96 Å². The van der Waals surface area contributed by atoms with Crippen molar-refractivity contribution in [2.75, 3.05) is 13.1 Å². The second kappa shape index (κ2) is 17.5. The van der Waals surface area contributed by atoms with E-state index in [1.165, 1.54) is 0 Å². The Hall–Kier alpha value is -2.93. The Kier molecular flexibility index (Phi) is 16.1. The first-order valence-electron chi connectivity index (χ1n) is 12.4. The third kappa shape index (κ3) is 13.8. The predicted octanol–water partition coefficient (Wildman–Crippen LogP) is -1.26. The minimum atomic E-state index is -1.17. The Morgan fingerprint density at radius 1 is 0.806 bits per heavy atom. The summed E-state index contributed by atoms with van der Waals surface area (Å²) < 4.78 is 0. The molecular formula is C23H46N8O5. The summed E-state index contributed by atoms with van der Waals surface area (Å²) in [6.45, 7) is 7.91. The van der Waals surface area contributed by atoms with Crippen LogP contribution in [-0.4, -0.2) is 72.0 Å². The van der Waals surface area contributed by atoms with Crippen molar-refractivity contribution in [1.29, 1.82) is 0 Å². The molecule has 0 saturated heterocycles. The minimum Gasteiger partial charge on any atom is -0.480 e. The van der Waals surface area contributed by atoms with Gasteiger partial charge < -0.3 is 44.0 Å². The van der Waals surface area contributed by atoms with E-state index in [0.29, 0.717) is 32.2 Å². The van der Waals surface area contributed by atoms with Gasteiger partial charge in [-0.15, -0.1) is 0 Å². The van der Waals surface area contributed by atoms with Gasteiger partial charge in [0.1, 0.15) is 18.1 Å². The molecule has 0 aromatic carbocycles. The number of amides is 3. The van der Waals surface area contributed by atoms with Crippen molar-refractivity contribution in [1.82, 2.24) is 16.0 Å². The lowest BCUT2D eigenvalue weighted by Gasteiger charge is -2.26. The molecule has 13 heteroatoms. The molecular weight excluding hydrogens is 468 g/mol. The maximum atomic E-state index is 13.2. The van der Waals surface area contributed by atoms with Gasteiger partial charge in [0.25, 0.3) is 0 Å². The maximum absolute atomic E-state index is 13.2. The van der Waals surface area contributed by atoms with Crippen LogP contribution >= 0.6 is 0 Å². The number of carboxylic acids is 1. The SMILES string of the molecule is CC(C)CC(NC(=O)C(CCCN=C(N)N)NC(=O)C(CCCCN)NC(=O)C(N)C(C)C)C(=O)O. The number of nitrogens with two attached hydrogens (primary N) is 4. The number of nitrogens with one attached hydrogen (secondary N) is 3. The van der Waals surface area contributed by atoms with Gasteiger partial charge in [0, 0.05) is 6.54 Å². The summed E-state index contributed by atoms with van der Waals surface area (Å²) in [7, 11) is 0. The second-order valence-electron chi connectivity index (χ2n) is 9.65. The molecule has 0 bridgehead atoms. The molecule has 0 aliphatic heterocycles. The summed E-state index contributed by atoms with van der Waals surface area (Å²) in [6, 6.07) is -3.92. The van der Waals surface area contributed by atoms with Crippen LogP contribution in [0, 0.1) is 11.8 Å². The zero-order valence-corrected chi connectivity index (χ0v) is 22.0. The first-order valence-corrected chi connectivity index (χ1v) is 12.4. The molecule has 208 valence electrons. The van der Waals surface area contributed by atoms with Gasteiger partial charge in [-0.3, -0.25) is 19.4 Å². The van der Waals surface area contributed by atoms with E-state index in [9.17, 15) is 24.3 Å². The topological polar surface area (TPSA) is 241 Å². The fourth-order valence-electron chi connectivity index (χ4n) is 3.34. The van der Waals surface area contributed by atoms with Crippen LogP contribution in [-0.2, 0) is 19.2 Å². The average molecular weight is 515 g/mol. The average Bonchev–Trinajstić information content (AvgIpc) is 2.78. The van der Waals surface area contributed by atoms with Gasteiger partial charge in [0.05, 0.1) is 6.04 Å². The number of carbonyl (C=O) groups excluding carboxylic acids is 3. The molecule has 13 nitrogen and oxygen atoms in total. The fraction of sp³-hybridized carbons (Fsp3) is 0.783. The van der Waals surface area contributed by atoms with Crippen LogP contribution in [0.4, 0.5) is 0 Å². The number of nitrogens with zero attached hydrogens (tertiary/aromatic N) is 1. The number of guanidine groups is 1. The molecule has 4 atom stereocenters. The largest absolute Gasteiger partial charge is 0.480 e. The molecule has 0 saturated carbocycles. The molecule has 0 spiro atoms. The molecule has 0 rings (SSSR count). The van der Waals surface area contributed by atoms with E-state index in [1.807, 2.05) is 13.8 Å². The number of hydrogen-bond donors (Lipinski definition) is 8. The van der Waals surface area contributed by atoms with Crippen molar-refractivity contribution >= 4 is 29.7 Å². The summed E-state index contributed by atoms with van der Waals surface area (Å²) in [6.07, 6.45) is 2.24. The van der Waals surface area contributed by atoms with Gasteiger partial charge in [0.2, 0.25) is 17.7 Å². The van der Waals surface area contributed by atoms with Crippen LogP contribution in [0.15, 0.2) is 4.99 Å². The van der Waals surface area contributed by atoms with Crippen molar-refractivity contribution in [2.24, 2.45) is 39.8 Å². The summed E-state index contributed by atoms with van der Waals surface area (Å²) in [5.74, 6) is -3.09. The Bertz CT molecular complexity index is 740. The monoisotopic (exact) mass is 514 g/mol. The van der Waals surface area contributed by atoms with Crippen molar-refractivity contribution in [2.45, 2.75) is 90.4 Å². The molecule has 0 aliphatic rings. The van der Waals surface area contributed by atoms with Gasteiger partial charge in [-0.25, -0.2) is 4.79 Å². The van der Waals surface area contributed by atoms with Crippen LogP contribution < -0.4 is 38.9 Å². The van der Waals surface area contributed by atoms with Gasteiger partial charge >= 0.3 is 5.97 Å². The predicted molar refractivity (Wildman–Crippen MR) is 139 cm³/mol. The number of aliphatic carboxylic acids is 1. The smallest absolute Gasteiger partial charge is 0.326 e. The first kappa shape index (κ1) is 33.1. The molecule has 3 amide bonds. The summed E-state index contributed by atoms with van der Waals surface area (Å²) in [5.41, 5.74) is 22.2. The van der Waals surface area contributed by atoms with E-state index >= 15 is 0 Å². The summed E-state index contributed by atoms with van der Waals surface area (Å²) in [4.78, 5) is 54.2. The normalized spacial score (nSPS) is 14.4. The van der Waals surface area contributed by atoms with E-state index in [4.69, 9.17) is 22.9 Å². The van der Waals surface area contributed by atoms with E-state index < -0.39 is 47.9 Å². The number of unbranched alkanes of at least 4 members (excludes halogenated alkanes) is 1. The lowest BCUT2D eigenvalue weighted by molar-refractivity contribution is -0.142. The van der Waals surface area contributed by atoms with Gasteiger partial charge in [-0.05, 0) is 56.9 Å². The highest BCUT2D eigenvalue weighted by molar-refractivity contribution is 5.94. The molecule has 0 aliphatic carbocycles. The zero-order valence-electron chi connectivity index (χ0n) is 22.0. The lowest BCUT2D eigenvalue weighted by Crippen LogP contribution is -2.57. The van der Waals surface area contributed by atoms with Crippen LogP contribution in [0.1, 0.15) is 66.2 Å². The van der Waals surface area contributed by atoms with E-state index in [2.05, 4.69) is 20.9 Å². The molecule has 12 N–H and O–H groups in total. The van der Waals surface area contributed by atoms with Crippen LogP contribution in [0.5, 0.6) is 0 Å². The Morgan fingerprint density at radius 2 is 1.31 bits per heavy atom. The fourth-order valence-corrected chi connectivity index (χ4v) is 3.34. The van der Waals surface area contributed by atoms with Crippen LogP contribution in [0.3, 0.4) is 0 Å². The molecule has 0 heterocycles. The third-order valence-electron chi connectivity index (χ3n) is 5.50. The molecule has 0 aromatic heterocycles. The number of hydrogen-bond acceptors (Lipinski definition) is 7. The summed E-state index contributed by atoms with van der Waals surface area (Å²) >= 11 is 0. The molecule has 4 unspecified atom stereocenters. The van der Waals surface area contributed by atoms with Crippen molar-refractivity contribution < 1.29 is 24.3 Å². The van der Waals surface area contributed by atoms with Gasteiger partial charge in [-0.2, -0.15) is 0 Å².